The number of carbonyl (C=O) groups is 2. The number of carboxylic acids is 1. The smallest absolute Gasteiger partial charge is 0.308 e. The maximum absolute atomic E-state index is 12.7. The first kappa shape index (κ1) is 17.7. The van der Waals surface area contributed by atoms with Gasteiger partial charge < -0.3 is 15.4 Å². The standard InChI is InChI=1S/C19H26N2O4/c22-17-14(11-12-7-3-1-5-9-15(12)20-17)18(23)21-16-10-6-2-4-8-13(16)19(24)25/h11,13,16H,1-10H2,(H,20,22)(H,21,23)(H,24,25)/t13-,16+/m1/s1. The van der Waals surface area contributed by atoms with Crippen molar-refractivity contribution in [2.24, 2.45) is 5.92 Å². The molecule has 2 aliphatic carbocycles. The Balaban J connectivity index is 1.81. The Bertz CT molecular complexity index is 710. The summed E-state index contributed by atoms with van der Waals surface area (Å²) >= 11 is 0. The van der Waals surface area contributed by atoms with E-state index in [9.17, 15) is 19.5 Å². The average Bonchev–Trinajstić information content (AvgIpc) is 2.94. The molecule has 25 heavy (non-hydrogen) atoms. The van der Waals surface area contributed by atoms with Crippen molar-refractivity contribution in [3.63, 3.8) is 0 Å². The van der Waals surface area contributed by atoms with Gasteiger partial charge in [0.05, 0.1) is 5.92 Å². The van der Waals surface area contributed by atoms with Gasteiger partial charge in [-0.15, -0.1) is 0 Å². The number of hydrogen-bond acceptors (Lipinski definition) is 3. The molecule has 0 bridgehead atoms. The van der Waals surface area contributed by atoms with Gasteiger partial charge in [0.25, 0.3) is 11.5 Å². The van der Waals surface area contributed by atoms with Crippen LogP contribution in [0.15, 0.2) is 10.9 Å². The monoisotopic (exact) mass is 346 g/mol. The zero-order chi connectivity index (χ0) is 17.8. The lowest BCUT2D eigenvalue weighted by Gasteiger charge is -2.23. The number of fused-ring (bicyclic) bond motifs is 1. The van der Waals surface area contributed by atoms with Crippen LogP contribution in [-0.4, -0.2) is 28.0 Å². The fraction of sp³-hybridized carbons (Fsp3) is 0.632. The van der Waals surface area contributed by atoms with Crippen LogP contribution in [0.1, 0.15) is 73.0 Å². The Morgan fingerprint density at radius 1 is 1.04 bits per heavy atom. The summed E-state index contributed by atoms with van der Waals surface area (Å²) < 4.78 is 0. The number of H-pyrrole nitrogens is 1. The molecular weight excluding hydrogens is 320 g/mol. The third kappa shape index (κ3) is 4.11. The molecule has 0 unspecified atom stereocenters. The first-order valence-electron chi connectivity index (χ1n) is 9.35. The molecule has 2 aliphatic rings. The molecule has 1 fully saturated rings. The maximum atomic E-state index is 12.7. The van der Waals surface area contributed by atoms with Crippen molar-refractivity contribution >= 4 is 11.9 Å². The van der Waals surface area contributed by atoms with Gasteiger partial charge >= 0.3 is 5.97 Å². The summed E-state index contributed by atoms with van der Waals surface area (Å²) in [5.74, 6) is -1.90. The van der Waals surface area contributed by atoms with E-state index in [4.69, 9.17) is 0 Å². The molecule has 2 atom stereocenters. The number of aromatic nitrogens is 1. The third-order valence-electron chi connectivity index (χ3n) is 5.48. The number of aromatic amines is 1. The van der Waals surface area contributed by atoms with Crippen molar-refractivity contribution in [1.29, 1.82) is 0 Å². The van der Waals surface area contributed by atoms with Gasteiger partial charge in [-0.3, -0.25) is 14.4 Å². The van der Waals surface area contributed by atoms with Crippen LogP contribution >= 0.6 is 0 Å². The first-order chi connectivity index (χ1) is 12.1. The van der Waals surface area contributed by atoms with E-state index in [1.54, 1.807) is 6.07 Å². The van der Waals surface area contributed by atoms with Crippen molar-refractivity contribution in [2.75, 3.05) is 0 Å². The van der Waals surface area contributed by atoms with E-state index in [1.165, 1.54) is 0 Å². The Morgan fingerprint density at radius 2 is 1.76 bits per heavy atom. The lowest BCUT2D eigenvalue weighted by atomic mass is 9.94. The molecule has 1 saturated carbocycles. The first-order valence-corrected chi connectivity index (χ1v) is 9.35. The van der Waals surface area contributed by atoms with Crippen LogP contribution in [0.5, 0.6) is 0 Å². The molecule has 0 radical (unpaired) electrons. The highest BCUT2D eigenvalue weighted by atomic mass is 16.4. The second kappa shape index (κ2) is 7.85. The van der Waals surface area contributed by atoms with Gasteiger partial charge in [-0.05, 0) is 50.2 Å². The molecule has 0 aliphatic heterocycles. The highest BCUT2D eigenvalue weighted by Gasteiger charge is 2.31. The largest absolute Gasteiger partial charge is 0.481 e. The molecular formula is C19H26N2O4. The minimum atomic E-state index is -0.872. The molecule has 1 aromatic heterocycles. The third-order valence-corrected chi connectivity index (χ3v) is 5.48. The number of nitrogens with one attached hydrogen (secondary N) is 2. The van der Waals surface area contributed by atoms with Crippen LogP contribution < -0.4 is 10.9 Å². The van der Waals surface area contributed by atoms with Gasteiger partial charge in [-0.2, -0.15) is 0 Å². The lowest BCUT2D eigenvalue weighted by Crippen LogP contribution is -2.44. The molecule has 1 heterocycles. The van der Waals surface area contributed by atoms with Crippen LogP contribution in [0, 0.1) is 5.92 Å². The molecule has 0 spiro atoms. The summed E-state index contributed by atoms with van der Waals surface area (Å²) in [4.78, 5) is 39.4. The zero-order valence-electron chi connectivity index (χ0n) is 14.5. The van der Waals surface area contributed by atoms with Gasteiger partial charge in [0.1, 0.15) is 5.56 Å². The predicted octanol–water partition coefficient (Wildman–Crippen LogP) is 2.41. The summed E-state index contributed by atoms with van der Waals surface area (Å²) in [5, 5.41) is 12.3. The van der Waals surface area contributed by atoms with E-state index in [-0.39, 0.29) is 11.1 Å². The van der Waals surface area contributed by atoms with Gasteiger partial charge in [0.15, 0.2) is 0 Å². The number of aliphatic carboxylic acids is 1. The maximum Gasteiger partial charge on any atom is 0.308 e. The van der Waals surface area contributed by atoms with Crippen LogP contribution in [0.2, 0.25) is 0 Å². The number of pyridine rings is 1. The number of rotatable bonds is 3. The minimum absolute atomic E-state index is 0.106. The molecule has 1 aromatic rings. The van der Waals surface area contributed by atoms with E-state index >= 15 is 0 Å². The molecule has 0 saturated heterocycles. The fourth-order valence-electron chi connectivity index (χ4n) is 4.04. The fourth-order valence-corrected chi connectivity index (χ4v) is 4.04. The Labute approximate surface area is 147 Å². The molecule has 3 rings (SSSR count). The highest BCUT2D eigenvalue weighted by Crippen LogP contribution is 2.24. The highest BCUT2D eigenvalue weighted by molar-refractivity contribution is 5.94. The summed E-state index contributed by atoms with van der Waals surface area (Å²) in [5.41, 5.74) is 1.71. The molecule has 6 heteroatoms. The van der Waals surface area contributed by atoms with Crippen LogP contribution in [0.4, 0.5) is 0 Å². The van der Waals surface area contributed by atoms with E-state index in [0.29, 0.717) is 12.8 Å². The number of aryl methyl sites for hydroxylation is 2. The van der Waals surface area contributed by atoms with Crippen LogP contribution in [0.3, 0.4) is 0 Å². The van der Waals surface area contributed by atoms with Crippen molar-refractivity contribution in [1.82, 2.24) is 10.3 Å². The van der Waals surface area contributed by atoms with Gasteiger partial charge in [-0.25, -0.2) is 0 Å². The lowest BCUT2D eigenvalue weighted by molar-refractivity contribution is -0.142. The minimum Gasteiger partial charge on any atom is -0.481 e. The SMILES string of the molecule is O=C(N[C@H]1CCCCC[C@H]1C(=O)O)c1cc2c([nH]c1=O)CCCCC2. The quantitative estimate of drug-likeness (QED) is 0.578. The van der Waals surface area contributed by atoms with E-state index < -0.39 is 23.8 Å². The van der Waals surface area contributed by atoms with Crippen molar-refractivity contribution in [3.8, 4) is 0 Å². The molecule has 6 nitrogen and oxygen atoms in total. The second-order valence-electron chi connectivity index (χ2n) is 7.24. The number of amides is 1. The zero-order valence-corrected chi connectivity index (χ0v) is 14.5. The Morgan fingerprint density at radius 3 is 2.56 bits per heavy atom. The molecule has 1 amide bonds. The number of carboxylic acid groups (broad SMARTS) is 1. The summed E-state index contributed by atoms with van der Waals surface area (Å²) in [7, 11) is 0. The molecule has 3 N–H and O–H groups in total. The normalized spacial score (nSPS) is 23.8. The van der Waals surface area contributed by atoms with E-state index in [1.807, 2.05) is 0 Å². The van der Waals surface area contributed by atoms with Crippen LogP contribution in [0.25, 0.3) is 0 Å². The van der Waals surface area contributed by atoms with Crippen LogP contribution in [-0.2, 0) is 17.6 Å². The van der Waals surface area contributed by atoms with Gasteiger partial charge in [-0.1, -0.05) is 25.7 Å². The molecule has 0 aromatic carbocycles. The Kier molecular flexibility index (Phi) is 5.56. The number of hydrogen-bond donors (Lipinski definition) is 3. The second-order valence-corrected chi connectivity index (χ2v) is 7.24. The van der Waals surface area contributed by atoms with Gasteiger partial charge in [0.2, 0.25) is 0 Å². The summed E-state index contributed by atoms with van der Waals surface area (Å²) in [6.45, 7) is 0. The van der Waals surface area contributed by atoms with Crippen molar-refractivity contribution < 1.29 is 14.7 Å². The van der Waals surface area contributed by atoms with Gasteiger partial charge in [0, 0.05) is 11.7 Å². The predicted molar refractivity (Wildman–Crippen MR) is 93.8 cm³/mol. The molecule has 136 valence electrons. The average molecular weight is 346 g/mol. The van der Waals surface area contributed by atoms with Crippen molar-refractivity contribution in [2.45, 2.75) is 70.3 Å². The number of carbonyl (C=O) groups excluding carboxylic acids is 1. The summed E-state index contributed by atoms with van der Waals surface area (Å²) in [6, 6.07) is 1.30. The van der Waals surface area contributed by atoms with E-state index in [0.717, 1.165) is 62.6 Å². The van der Waals surface area contributed by atoms with Crippen molar-refractivity contribution in [3.05, 3.63) is 33.2 Å². The Hall–Kier alpha value is -2.11. The van der Waals surface area contributed by atoms with E-state index in [2.05, 4.69) is 10.3 Å². The topological polar surface area (TPSA) is 99.3 Å². The summed E-state index contributed by atoms with van der Waals surface area (Å²) in [6.07, 6.45) is 8.91.